The second kappa shape index (κ2) is 2.38. The van der Waals surface area contributed by atoms with Gasteiger partial charge in [0.25, 0.3) is 0 Å². The molecule has 1 amide bonds. The molecular weight excluding hydrogens is 178 g/mol. The van der Waals surface area contributed by atoms with Gasteiger partial charge in [0.15, 0.2) is 0 Å². The molecule has 3 nitrogen and oxygen atoms in total. The molecule has 1 aliphatic rings. The van der Waals surface area contributed by atoms with Gasteiger partial charge < -0.3 is 10.4 Å². The lowest BCUT2D eigenvalue weighted by molar-refractivity contribution is -0.115. The van der Waals surface area contributed by atoms with Crippen LogP contribution >= 0.6 is 11.6 Å². The molecule has 0 aromatic heterocycles. The molecule has 0 atom stereocenters. The molecule has 4 heteroatoms. The average Bonchev–Trinajstić information content (AvgIpc) is 2.29. The quantitative estimate of drug-likeness (QED) is 0.600. The Morgan fingerprint density at radius 2 is 2.25 bits per heavy atom. The number of phenolic OH excluding ortho intramolecular Hbond substituents is 1. The summed E-state index contributed by atoms with van der Waals surface area (Å²) in [6.45, 7) is 0. The van der Waals surface area contributed by atoms with E-state index in [1.54, 1.807) is 6.07 Å². The molecule has 1 aromatic carbocycles. The summed E-state index contributed by atoms with van der Waals surface area (Å²) in [5.41, 5.74) is 1.38. The molecule has 1 heterocycles. The number of carbonyl (C=O) groups excluding carboxylic acids is 1. The number of benzene rings is 1. The number of amides is 1. The Hall–Kier alpha value is -1.22. The fourth-order valence-electron chi connectivity index (χ4n) is 1.28. The van der Waals surface area contributed by atoms with Gasteiger partial charge in [-0.3, -0.25) is 4.79 Å². The summed E-state index contributed by atoms with van der Waals surface area (Å²) >= 11 is 5.77. The minimum absolute atomic E-state index is 0.0856. The van der Waals surface area contributed by atoms with Gasteiger partial charge in [-0.1, -0.05) is 11.6 Å². The molecule has 0 spiro atoms. The first-order chi connectivity index (χ1) is 5.66. The fourth-order valence-corrected chi connectivity index (χ4v) is 1.56. The Bertz CT molecular complexity index is 362. The number of carbonyl (C=O) groups is 1. The van der Waals surface area contributed by atoms with Crippen molar-refractivity contribution in [3.63, 3.8) is 0 Å². The number of nitrogens with one attached hydrogen (secondary N) is 1. The van der Waals surface area contributed by atoms with Crippen molar-refractivity contribution in [2.75, 3.05) is 5.32 Å². The lowest BCUT2D eigenvalue weighted by atomic mass is 10.1. The van der Waals surface area contributed by atoms with E-state index in [1.165, 1.54) is 6.07 Å². The molecule has 2 N–H and O–H groups in total. The number of hydrogen-bond acceptors (Lipinski definition) is 2. The Kier molecular flexibility index (Phi) is 1.48. The number of phenols is 1. The van der Waals surface area contributed by atoms with Crippen LogP contribution in [0.5, 0.6) is 5.75 Å². The van der Waals surface area contributed by atoms with Gasteiger partial charge in [0.1, 0.15) is 5.75 Å². The zero-order chi connectivity index (χ0) is 8.72. The minimum Gasteiger partial charge on any atom is -0.508 e. The van der Waals surface area contributed by atoms with Crippen molar-refractivity contribution in [1.29, 1.82) is 0 Å². The molecule has 12 heavy (non-hydrogen) atoms. The molecule has 0 unspecified atom stereocenters. The molecule has 1 aromatic rings. The predicted molar refractivity (Wildman–Crippen MR) is 45.5 cm³/mol. The fraction of sp³-hybridized carbons (Fsp3) is 0.125. The van der Waals surface area contributed by atoms with Crippen LogP contribution < -0.4 is 5.32 Å². The van der Waals surface area contributed by atoms with E-state index in [2.05, 4.69) is 5.32 Å². The van der Waals surface area contributed by atoms with Gasteiger partial charge in [0, 0.05) is 6.07 Å². The van der Waals surface area contributed by atoms with Crippen molar-refractivity contribution in [1.82, 2.24) is 0 Å². The Balaban J connectivity index is 2.59. The van der Waals surface area contributed by atoms with Gasteiger partial charge in [0.05, 0.1) is 17.1 Å². The first-order valence-electron chi connectivity index (χ1n) is 3.48. The van der Waals surface area contributed by atoms with Crippen molar-refractivity contribution >= 4 is 23.2 Å². The van der Waals surface area contributed by atoms with Gasteiger partial charge in [-0.2, -0.15) is 0 Å². The van der Waals surface area contributed by atoms with E-state index in [9.17, 15) is 4.79 Å². The number of halogens is 1. The van der Waals surface area contributed by atoms with E-state index in [-0.39, 0.29) is 11.7 Å². The van der Waals surface area contributed by atoms with Gasteiger partial charge in [-0.25, -0.2) is 0 Å². The lowest BCUT2D eigenvalue weighted by Crippen LogP contribution is -2.03. The van der Waals surface area contributed by atoms with Crippen LogP contribution in [0.1, 0.15) is 5.56 Å². The Morgan fingerprint density at radius 3 is 3.00 bits per heavy atom. The number of rotatable bonds is 0. The third kappa shape index (κ3) is 1.02. The summed E-state index contributed by atoms with van der Waals surface area (Å²) in [5, 5.41) is 12.1. The number of anilines is 1. The maximum atomic E-state index is 10.9. The van der Waals surface area contributed by atoms with Gasteiger partial charge in [-0.15, -0.1) is 0 Å². The zero-order valence-corrected chi connectivity index (χ0v) is 6.85. The van der Waals surface area contributed by atoms with E-state index < -0.39 is 0 Å². The normalized spacial score (nSPS) is 14.2. The second-order valence-electron chi connectivity index (χ2n) is 2.69. The summed E-state index contributed by atoms with van der Waals surface area (Å²) in [6, 6.07) is 2.95. The highest BCUT2D eigenvalue weighted by molar-refractivity contribution is 6.34. The van der Waals surface area contributed by atoms with Crippen LogP contribution in [0.2, 0.25) is 5.02 Å². The molecule has 0 saturated carbocycles. The molecule has 0 radical (unpaired) electrons. The van der Waals surface area contributed by atoms with Gasteiger partial charge in [0.2, 0.25) is 5.91 Å². The van der Waals surface area contributed by atoms with Crippen molar-refractivity contribution in [3.8, 4) is 5.75 Å². The van der Waals surface area contributed by atoms with Crippen molar-refractivity contribution in [2.45, 2.75) is 6.42 Å². The van der Waals surface area contributed by atoms with Crippen molar-refractivity contribution in [2.24, 2.45) is 0 Å². The minimum atomic E-state index is -0.0856. The number of aromatic hydroxyl groups is 1. The second-order valence-corrected chi connectivity index (χ2v) is 3.09. The molecule has 0 saturated heterocycles. The molecule has 1 aliphatic heterocycles. The van der Waals surface area contributed by atoms with Crippen LogP contribution in [0.15, 0.2) is 12.1 Å². The summed E-state index contributed by atoms with van der Waals surface area (Å²) < 4.78 is 0. The highest BCUT2D eigenvalue weighted by atomic mass is 35.5. The molecule has 0 fully saturated rings. The van der Waals surface area contributed by atoms with Crippen molar-refractivity contribution in [3.05, 3.63) is 22.7 Å². The van der Waals surface area contributed by atoms with Crippen LogP contribution in [0.3, 0.4) is 0 Å². The standard InChI is InChI=1S/C8H6ClNO2/c9-6-3-5(11)1-4-2-7(12)10-8(4)6/h1,3,11H,2H2,(H,10,12). The monoisotopic (exact) mass is 183 g/mol. The summed E-state index contributed by atoms with van der Waals surface area (Å²) in [4.78, 5) is 10.9. The molecular formula is C8H6ClNO2. The number of fused-ring (bicyclic) bond motifs is 1. The maximum absolute atomic E-state index is 10.9. The van der Waals surface area contributed by atoms with Gasteiger partial charge in [-0.05, 0) is 11.6 Å². The summed E-state index contributed by atoms with van der Waals surface area (Å²) in [6.07, 6.45) is 0.295. The van der Waals surface area contributed by atoms with E-state index in [1.807, 2.05) is 0 Å². The Labute approximate surface area is 74.0 Å². The summed E-state index contributed by atoms with van der Waals surface area (Å²) in [7, 11) is 0. The topological polar surface area (TPSA) is 49.3 Å². The lowest BCUT2D eigenvalue weighted by Gasteiger charge is -2.01. The summed E-state index contributed by atoms with van der Waals surface area (Å²) in [5.74, 6) is 0.00718. The van der Waals surface area contributed by atoms with E-state index in [0.29, 0.717) is 17.1 Å². The van der Waals surface area contributed by atoms with Crippen molar-refractivity contribution < 1.29 is 9.90 Å². The first-order valence-corrected chi connectivity index (χ1v) is 3.86. The predicted octanol–water partition coefficient (Wildman–Crippen LogP) is 1.54. The smallest absolute Gasteiger partial charge is 0.228 e. The van der Waals surface area contributed by atoms with E-state index in [0.717, 1.165) is 5.56 Å². The highest BCUT2D eigenvalue weighted by Gasteiger charge is 2.20. The van der Waals surface area contributed by atoms with Crippen LogP contribution in [0.4, 0.5) is 5.69 Å². The van der Waals surface area contributed by atoms with Crippen LogP contribution in [-0.4, -0.2) is 11.0 Å². The highest BCUT2D eigenvalue weighted by Crippen LogP contribution is 2.34. The zero-order valence-electron chi connectivity index (χ0n) is 6.10. The van der Waals surface area contributed by atoms with Crippen LogP contribution in [0.25, 0.3) is 0 Å². The third-order valence-electron chi connectivity index (χ3n) is 1.77. The van der Waals surface area contributed by atoms with E-state index >= 15 is 0 Å². The molecule has 0 bridgehead atoms. The van der Waals surface area contributed by atoms with Gasteiger partial charge >= 0.3 is 0 Å². The molecule has 2 rings (SSSR count). The maximum Gasteiger partial charge on any atom is 0.228 e. The van der Waals surface area contributed by atoms with Crippen LogP contribution in [-0.2, 0) is 11.2 Å². The van der Waals surface area contributed by atoms with E-state index in [4.69, 9.17) is 16.7 Å². The first kappa shape index (κ1) is 7.43. The Morgan fingerprint density at radius 1 is 1.50 bits per heavy atom. The molecule has 62 valence electrons. The largest absolute Gasteiger partial charge is 0.508 e. The van der Waals surface area contributed by atoms with Crippen LogP contribution in [0, 0.1) is 0 Å². The average molecular weight is 184 g/mol. The third-order valence-corrected chi connectivity index (χ3v) is 2.07. The number of hydrogen-bond donors (Lipinski definition) is 2. The SMILES string of the molecule is O=C1Cc2cc(O)cc(Cl)c2N1. The molecule has 0 aliphatic carbocycles.